The molecule has 1 amide bonds. The summed E-state index contributed by atoms with van der Waals surface area (Å²) < 4.78 is 0. The molecule has 0 radical (unpaired) electrons. The Labute approximate surface area is 95.2 Å². The summed E-state index contributed by atoms with van der Waals surface area (Å²) in [5.41, 5.74) is 0. The van der Waals surface area contributed by atoms with Crippen LogP contribution < -0.4 is 10.6 Å². The van der Waals surface area contributed by atoms with Gasteiger partial charge < -0.3 is 5.32 Å². The highest BCUT2D eigenvalue weighted by molar-refractivity contribution is 7.99. The zero-order chi connectivity index (χ0) is 9.10. The van der Waals surface area contributed by atoms with E-state index in [9.17, 15) is 4.79 Å². The summed E-state index contributed by atoms with van der Waals surface area (Å²) in [5.74, 6) is 2.94. The molecule has 2 aliphatic rings. The number of carbonyl (C=O) groups excluding carboxylic acids is 1. The van der Waals surface area contributed by atoms with Gasteiger partial charge in [0.25, 0.3) is 0 Å². The molecule has 1 saturated heterocycles. The molecule has 1 aliphatic carbocycles. The minimum Gasteiger partial charge on any atom is -0.355 e. The molecule has 14 heavy (non-hydrogen) atoms. The SMILES string of the molecule is Cl.O=C(NCCC1CC1)C1CSCN1. The Balaban J connectivity index is 0.000000980. The van der Waals surface area contributed by atoms with E-state index in [1.807, 2.05) is 0 Å². The van der Waals surface area contributed by atoms with Gasteiger partial charge in [0, 0.05) is 18.2 Å². The smallest absolute Gasteiger partial charge is 0.238 e. The largest absolute Gasteiger partial charge is 0.355 e. The first-order valence-corrected chi connectivity index (χ1v) is 6.10. The lowest BCUT2D eigenvalue weighted by molar-refractivity contribution is -0.122. The molecule has 5 heteroatoms. The molecule has 1 atom stereocenters. The van der Waals surface area contributed by atoms with Crippen molar-refractivity contribution in [3.63, 3.8) is 0 Å². The minimum atomic E-state index is 0. The van der Waals surface area contributed by atoms with Gasteiger partial charge in [-0.05, 0) is 12.3 Å². The van der Waals surface area contributed by atoms with Gasteiger partial charge in [-0.25, -0.2) is 0 Å². The van der Waals surface area contributed by atoms with Crippen molar-refractivity contribution in [2.24, 2.45) is 5.92 Å². The van der Waals surface area contributed by atoms with Crippen LogP contribution >= 0.6 is 24.2 Å². The summed E-state index contributed by atoms with van der Waals surface area (Å²) in [6.07, 6.45) is 3.91. The number of hydrogen-bond donors (Lipinski definition) is 2. The van der Waals surface area contributed by atoms with Crippen molar-refractivity contribution in [2.45, 2.75) is 25.3 Å². The molecule has 2 rings (SSSR count). The molecule has 0 spiro atoms. The van der Waals surface area contributed by atoms with Crippen LogP contribution in [-0.4, -0.2) is 30.1 Å². The van der Waals surface area contributed by atoms with Gasteiger partial charge in [0.2, 0.25) is 5.91 Å². The number of thioether (sulfide) groups is 1. The first kappa shape index (κ1) is 12.1. The maximum atomic E-state index is 11.5. The van der Waals surface area contributed by atoms with Crippen molar-refractivity contribution in [2.75, 3.05) is 18.2 Å². The summed E-state index contributed by atoms with van der Waals surface area (Å²) in [6.45, 7) is 0.867. The highest BCUT2D eigenvalue weighted by Gasteiger charge is 2.24. The lowest BCUT2D eigenvalue weighted by Gasteiger charge is -2.09. The predicted octanol–water partition coefficient (Wildman–Crippen LogP) is 0.987. The second-order valence-corrected chi connectivity index (χ2v) is 4.83. The average Bonchev–Trinajstić information content (AvgIpc) is 2.80. The molecule has 1 aliphatic heterocycles. The number of rotatable bonds is 4. The molecule has 2 N–H and O–H groups in total. The van der Waals surface area contributed by atoms with Crippen molar-refractivity contribution in [1.82, 2.24) is 10.6 Å². The second kappa shape index (κ2) is 5.83. The molecule has 0 bridgehead atoms. The van der Waals surface area contributed by atoms with E-state index in [0.717, 1.165) is 24.1 Å². The molecule has 2 fully saturated rings. The van der Waals surface area contributed by atoms with Crippen LogP contribution in [0.1, 0.15) is 19.3 Å². The van der Waals surface area contributed by atoms with Crippen LogP contribution in [0.5, 0.6) is 0 Å². The van der Waals surface area contributed by atoms with E-state index in [2.05, 4.69) is 10.6 Å². The van der Waals surface area contributed by atoms with Gasteiger partial charge in [-0.3, -0.25) is 10.1 Å². The molecule has 1 heterocycles. The highest BCUT2D eigenvalue weighted by Crippen LogP contribution is 2.31. The minimum absolute atomic E-state index is 0. The lowest BCUT2D eigenvalue weighted by Crippen LogP contribution is -2.42. The zero-order valence-electron chi connectivity index (χ0n) is 8.12. The van der Waals surface area contributed by atoms with Crippen LogP contribution in [0, 0.1) is 5.92 Å². The summed E-state index contributed by atoms with van der Waals surface area (Å²) in [5, 5.41) is 6.14. The first-order chi connectivity index (χ1) is 6.36. The van der Waals surface area contributed by atoms with Crippen LogP contribution in [0.3, 0.4) is 0 Å². The fourth-order valence-corrected chi connectivity index (χ4v) is 2.43. The Hall–Kier alpha value is 0.0700. The third-order valence-corrected chi connectivity index (χ3v) is 3.52. The van der Waals surface area contributed by atoms with Crippen molar-refractivity contribution in [3.8, 4) is 0 Å². The van der Waals surface area contributed by atoms with Crippen LogP contribution in [0.4, 0.5) is 0 Å². The summed E-state index contributed by atoms with van der Waals surface area (Å²) in [4.78, 5) is 11.5. The molecule has 0 aromatic rings. The Morgan fingerprint density at radius 3 is 2.86 bits per heavy atom. The maximum Gasteiger partial charge on any atom is 0.238 e. The molecule has 3 nitrogen and oxygen atoms in total. The summed E-state index contributed by atoms with van der Waals surface area (Å²) in [6, 6.07) is 0.0594. The van der Waals surface area contributed by atoms with Gasteiger partial charge in [-0.2, -0.15) is 0 Å². The Morgan fingerprint density at radius 2 is 2.29 bits per heavy atom. The Kier molecular flexibility index (Phi) is 5.06. The van der Waals surface area contributed by atoms with Gasteiger partial charge in [-0.15, -0.1) is 24.2 Å². The Morgan fingerprint density at radius 1 is 1.50 bits per heavy atom. The zero-order valence-corrected chi connectivity index (χ0v) is 9.76. The molecular weight excluding hydrogens is 220 g/mol. The molecule has 0 aromatic carbocycles. The third kappa shape index (κ3) is 3.67. The average molecular weight is 237 g/mol. The molecular formula is C9H17ClN2OS. The number of carbonyl (C=O) groups is 1. The fraction of sp³-hybridized carbons (Fsp3) is 0.889. The molecule has 0 aromatic heterocycles. The van der Waals surface area contributed by atoms with E-state index >= 15 is 0 Å². The molecule has 1 unspecified atom stereocenters. The lowest BCUT2D eigenvalue weighted by atomic mass is 10.2. The van der Waals surface area contributed by atoms with E-state index < -0.39 is 0 Å². The monoisotopic (exact) mass is 236 g/mol. The van der Waals surface area contributed by atoms with Crippen LogP contribution in [0.2, 0.25) is 0 Å². The highest BCUT2D eigenvalue weighted by atomic mass is 35.5. The first-order valence-electron chi connectivity index (χ1n) is 4.95. The second-order valence-electron chi connectivity index (χ2n) is 3.79. The Bertz CT molecular complexity index is 193. The number of nitrogens with one attached hydrogen (secondary N) is 2. The molecule has 82 valence electrons. The fourth-order valence-electron chi connectivity index (χ4n) is 1.49. The van der Waals surface area contributed by atoms with Gasteiger partial charge in [0.15, 0.2) is 0 Å². The summed E-state index contributed by atoms with van der Waals surface area (Å²) >= 11 is 1.79. The van der Waals surface area contributed by atoms with E-state index in [1.54, 1.807) is 11.8 Å². The summed E-state index contributed by atoms with van der Waals surface area (Å²) in [7, 11) is 0. The number of amides is 1. The van der Waals surface area contributed by atoms with Gasteiger partial charge >= 0.3 is 0 Å². The van der Waals surface area contributed by atoms with E-state index in [-0.39, 0.29) is 24.4 Å². The van der Waals surface area contributed by atoms with Gasteiger partial charge in [-0.1, -0.05) is 12.8 Å². The van der Waals surface area contributed by atoms with Gasteiger partial charge in [0.1, 0.15) is 0 Å². The normalized spacial score (nSPS) is 25.6. The number of halogens is 1. The topological polar surface area (TPSA) is 41.1 Å². The maximum absolute atomic E-state index is 11.5. The van der Waals surface area contributed by atoms with Crippen molar-refractivity contribution in [1.29, 1.82) is 0 Å². The van der Waals surface area contributed by atoms with Crippen LogP contribution in [0.15, 0.2) is 0 Å². The quantitative estimate of drug-likeness (QED) is 0.765. The van der Waals surface area contributed by atoms with E-state index in [0.29, 0.717) is 0 Å². The van der Waals surface area contributed by atoms with Crippen molar-refractivity contribution < 1.29 is 4.79 Å². The predicted molar refractivity (Wildman–Crippen MR) is 61.8 cm³/mol. The molecule has 1 saturated carbocycles. The van der Waals surface area contributed by atoms with Crippen LogP contribution in [-0.2, 0) is 4.79 Å². The van der Waals surface area contributed by atoms with E-state index in [1.165, 1.54) is 19.3 Å². The standard InChI is InChI=1S/C9H16N2OS.ClH/c12-9(8-5-13-6-11-8)10-4-3-7-1-2-7;/h7-8,11H,1-6H2,(H,10,12);1H. The van der Waals surface area contributed by atoms with Gasteiger partial charge in [0.05, 0.1) is 6.04 Å². The van der Waals surface area contributed by atoms with Crippen molar-refractivity contribution >= 4 is 30.1 Å². The number of hydrogen-bond acceptors (Lipinski definition) is 3. The van der Waals surface area contributed by atoms with Crippen LogP contribution in [0.25, 0.3) is 0 Å². The van der Waals surface area contributed by atoms with E-state index in [4.69, 9.17) is 0 Å². The third-order valence-electron chi connectivity index (χ3n) is 2.58. The van der Waals surface area contributed by atoms with Crippen molar-refractivity contribution in [3.05, 3.63) is 0 Å².